The number of anilines is 6. The summed E-state index contributed by atoms with van der Waals surface area (Å²) in [6, 6.07) is 82.2. The van der Waals surface area contributed by atoms with E-state index in [2.05, 4.69) is 239 Å². The highest BCUT2D eigenvalue weighted by atomic mass is 32.1. The first-order chi connectivity index (χ1) is 31.2. The van der Waals surface area contributed by atoms with Crippen molar-refractivity contribution in [2.45, 2.75) is 0 Å². The van der Waals surface area contributed by atoms with Crippen LogP contribution in [0.15, 0.2) is 224 Å². The van der Waals surface area contributed by atoms with Gasteiger partial charge in [-0.15, -0.1) is 22.7 Å². The van der Waals surface area contributed by atoms with E-state index >= 15 is 0 Å². The van der Waals surface area contributed by atoms with Crippen molar-refractivity contribution in [2.24, 2.45) is 0 Å². The van der Waals surface area contributed by atoms with E-state index in [1.807, 2.05) is 22.7 Å². The number of benzene rings is 10. The van der Waals surface area contributed by atoms with Crippen LogP contribution in [0.25, 0.3) is 78.6 Å². The Morgan fingerprint density at radius 1 is 0.302 bits per heavy atom. The summed E-state index contributed by atoms with van der Waals surface area (Å²) in [5, 5.41) is 9.97. The van der Waals surface area contributed by atoms with E-state index in [0.717, 1.165) is 34.0 Å². The van der Waals surface area contributed by atoms with Gasteiger partial charge in [-0.3, -0.25) is 0 Å². The maximum Gasteiger partial charge on any atom is 0.0561 e. The van der Waals surface area contributed by atoms with Gasteiger partial charge in [-0.2, -0.15) is 0 Å². The molecule has 0 N–H and O–H groups in total. The number of hydrogen-bond acceptors (Lipinski definition) is 4. The predicted molar refractivity (Wildman–Crippen MR) is 273 cm³/mol. The van der Waals surface area contributed by atoms with Crippen LogP contribution >= 0.6 is 22.7 Å². The lowest BCUT2D eigenvalue weighted by atomic mass is 10.0. The second-order valence-electron chi connectivity index (χ2n) is 16.1. The molecule has 0 aliphatic rings. The van der Waals surface area contributed by atoms with Crippen LogP contribution < -0.4 is 9.80 Å². The molecule has 63 heavy (non-hydrogen) atoms. The van der Waals surface area contributed by atoms with Crippen molar-refractivity contribution in [1.82, 2.24) is 4.57 Å². The SMILES string of the molecule is c1ccc(N(c2ccc3cc4c5ccc(N(c6ccccc6)c6cccc7sc8ccccc8c67)cc5n(-c5ccccc5)c4cc3c2)c2cccc3sc4ccccc4c23)cc1. The van der Waals surface area contributed by atoms with Crippen LogP contribution in [0.4, 0.5) is 34.1 Å². The van der Waals surface area contributed by atoms with Gasteiger partial charge in [-0.05, 0) is 120 Å². The molecule has 0 aliphatic carbocycles. The molecule has 0 atom stereocenters. The molecule has 13 aromatic rings. The molecule has 0 unspecified atom stereocenters. The molecule has 0 fully saturated rings. The monoisotopic (exact) mass is 839 g/mol. The average Bonchev–Trinajstić information content (AvgIpc) is 4.02. The van der Waals surface area contributed by atoms with Crippen LogP contribution in [0.5, 0.6) is 0 Å². The minimum absolute atomic E-state index is 1.11. The fourth-order valence-corrected chi connectivity index (χ4v) is 12.0. The Morgan fingerprint density at radius 2 is 0.794 bits per heavy atom. The van der Waals surface area contributed by atoms with Crippen LogP contribution in [0, 0.1) is 0 Å². The quantitative estimate of drug-likeness (QED) is 0.158. The summed E-state index contributed by atoms with van der Waals surface area (Å²) in [6.07, 6.45) is 0. The molecule has 0 aliphatic heterocycles. The summed E-state index contributed by atoms with van der Waals surface area (Å²) in [6.45, 7) is 0. The molecule has 3 aromatic heterocycles. The van der Waals surface area contributed by atoms with Gasteiger partial charge in [-0.25, -0.2) is 0 Å². The third-order valence-electron chi connectivity index (χ3n) is 12.5. The van der Waals surface area contributed by atoms with Gasteiger partial charge in [0.25, 0.3) is 0 Å². The fraction of sp³-hybridized carbons (Fsp3) is 0. The molecule has 0 saturated heterocycles. The Kier molecular flexibility index (Phi) is 8.26. The molecule has 10 aromatic carbocycles. The Balaban J connectivity index is 1.04. The van der Waals surface area contributed by atoms with Crippen molar-refractivity contribution in [1.29, 1.82) is 0 Å². The van der Waals surface area contributed by atoms with Crippen molar-refractivity contribution in [2.75, 3.05) is 9.80 Å². The second kappa shape index (κ2) is 14.5. The molecule has 296 valence electrons. The van der Waals surface area contributed by atoms with Gasteiger partial charge in [-0.1, -0.05) is 115 Å². The van der Waals surface area contributed by atoms with E-state index in [-0.39, 0.29) is 0 Å². The average molecular weight is 840 g/mol. The van der Waals surface area contributed by atoms with Gasteiger partial charge in [0.2, 0.25) is 0 Å². The second-order valence-corrected chi connectivity index (χ2v) is 18.3. The van der Waals surface area contributed by atoms with Crippen molar-refractivity contribution in [3.05, 3.63) is 224 Å². The summed E-state index contributed by atoms with van der Waals surface area (Å²) >= 11 is 3.72. The van der Waals surface area contributed by atoms with Gasteiger partial charge in [0.15, 0.2) is 0 Å². The normalized spacial score (nSPS) is 11.8. The number of fused-ring (bicyclic) bond motifs is 10. The Morgan fingerprint density at radius 3 is 1.40 bits per heavy atom. The van der Waals surface area contributed by atoms with E-state index in [4.69, 9.17) is 0 Å². The first-order valence-corrected chi connectivity index (χ1v) is 23.0. The lowest BCUT2D eigenvalue weighted by molar-refractivity contribution is 1.18. The van der Waals surface area contributed by atoms with Crippen LogP contribution in [-0.4, -0.2) is 4.57 Å². The fourth-order valence-electron chi connectivity index (χ4n) is 9.76. The first kappa shape index (κ1) is 36.0. The van der Waals surface area contributed by atoms with Crippen LogP contribution in [-0.2, 0) is 0 Å². The molecule has 0 saturated carbocycles. The van der Waals surface area contributed by atoms with E-state index in [1.54, 1.807) is 0 Å². The standard InChI is InChI=1S/C58H37N3S2/c1-4-16-40(17-5-1)59(49-24-14-28-55-57(49)46-22-10-12-26-53(46)62-55)43-31-30-38-35-48-45-33-32-44(37-52(45)61(42-20-8-3-9-21-42)51(48)36-39(38)34-43)60(41-18-6-2-7-19-41)50-25-15-29-56-58(50)47-23-11-13-27-54(47)63-56/h1-37H. The van der Waals surface area contributed by atoms with Gasteiger partial charge in [0.1, 0.15) is 0 Å². The zero-order valence-corrected chi connectivity index (χ0v) is 35.7. The van der Waals surface area contributed by atoms with E-state index in [9.17, 15) is 0 Å². The third kappa shape index (κ3) is 5.78. The number of rotatable bonds is 7. The number of para-hydroxylation sites is 3. The number of aromatic nitrogens is 1. The first-order valence-electron chi connectivity index (χ1n) is 21.3. The van der Waals surface area contributed by atoms with Gasteiger partial charge in [0, 0.05) is 79.6 Å². The number of hydrogen-bond donors (Lipinski definition) is 0. The van der Waals surface area contributed by atoms with E-state index < -0.39 is 0 Å². The van der Waals surface area contributed by atoms with Crippen LogP contribution in [0.2, 0.25) is 0 Å². The zero-order chi connectivity index (χ0) is 41.4. The summed E-state index contributed by atoms with van der Waals surface area (Å²) in [5.74, 6) is 0. The van der Waals surface area contributed by atoms with Crippen LogP contribution in [0.3, 0.4) is 0 Å². The molecule has 0 bridgehead atoms. The Hall–Kier alpha value is -7.70. The van der Waals surface area contributed by atoms with Gasteiger partial charge >= 0.3 is 0 Å². The molecule has 0 amide bonds. The highest BCUT2D eigenvalue weighted by molar-refractivity contribution is 7.26. The minimum Gasteiger partial charge on any atom is -0.310 e. The number of thiophene rings is 2. The van der Waals surface area contributed by atoms with Crippen molar-refractivity contribution < 1.29 is 0 Å². The minimum atomic E-state index is 1.11. The van der Waals surface area contributed by atoms with Crippen molar-refractivity contribution >= 4 is 130 Å². The molecular formula is C58H37N3S2. The molecule has 3 heterocycles. The summed E-state index contributed by atoms with van der Waals surface area (Å²) in [4.78, 5) is 4.87. The van der Waals surface area contributed by atoms with E-state index in [1.165, 1.54) is 78.8 Å². The molecule has 0 spiro atoms. The maximum atomic E-state index is 2.46. The number of nitrogens with zero attached hydrogens (tertiary/aromatic N) is 3. The van der Waals surface area contributed by atoms with E-state index in [0.29, 0.717) is 0 Å². The molecule has 3 nitrogen and oxygen atoms in total. The lowest BCUT2D eigenvalue weighted by Crippen LogP contribution is -2.10. The molecule has 5 heteroatoms. The van der Waals surface area contributed by atoms with Crippen molar-refractivity contribution in [3.8, 4) is 5.69 Å². The topological polar surface area (TPSA) is 11.4 Å². The zero-order valence-electron chi connectivity index (χ0n) is 34.0. The van der Waals surface area contributed by atoms with Gasteiger partial charge in [0.05, 0.1) is 22.4 Å². The summed E-state index contributed by atoms with van der Waals surface area (Å²) in [5.41, 5.74) is 10.3. The van der Waals surface area contributed by atoms with Gasteiger partial charge < -0.3 is 14.4 Å². The largest absolute Gasteiger partial charge is 0.310 e. The molecule has 13 rings (SSSR count). The third-order valence-corrected chi connectivity index (χ3v) is 14.8. The highest BCUT2D eigenvalue weighted by Crippen LogP contribution is 2.48. The summed E-state index contributed by atoms with van der Waals surface area (Å²) in [7, 11) is 0. The Bertz CT molecular complexity index is 3870. The predicted octanol–water partition coefficient (Wildman–Crippen LogP) is 17.6. The smallest absolute Gasteiger partial charge is 0.0561 e. The summed E-state index contributed by atoms with van der Waals surface area (Å²) < 4.78 is 7.62. The molecular weight excluding hydrogens is 803 g/mol. The Labute approximate surface area is 372 Å². The lowest BCUT2D eigenvalue weighted by Gasteiger charge is -2.27. The maximum absolute atomic E-state index is 2.46. The van der Waals surface area contributed by atoms with Crippen LogP contribution in [0.1, 0.15) is 0 Å². The highest BCUT2D eigenvalue weighted by Gasteiger charge is 2.23. The van der Waals surface area contributed by atoms with Crippen molar-refractivity contribution in [3.63, 3.8) is 0 Å². The molecule has 0 radical (unpaired) electrons.